The number of carbonyl (C=O) groups is 3. The largest absolute Gasteiger partial charge is 0.374 e. The molecule has 5 atom stereocenters. The van der Waals surface area contributed by atoms with Gasteiger partial charge >= 0.3 is 0 Å². The molecule has 3 amide bonds. The van der Waals surface area contributed by atoms with Crippen LogP contribution in [0.15, 0.2) is 66.7 Å². The third-order valence-electron chi connectivity index (χ3n) is 10.2. The van der Waals surface area contributed by atoms with Gasteiger partial charge in [0.25, 0.3) is 5.91 Å². The van der Waals surface area contributed by atoms with Crippen LogP contribution in [-0.4, -0.2) is 74.9 Å². The van der Waals surface area contributed by atoms with Crippen molar-refractivity contribution >= 4 is 44.5 Å². The number of fused-ring (bicyclic) bond motifs is 3. The first-order valence-electron chi connectivity index (χ1n) is 16.6. The number of sulfonamides is 1. The van der Waals surface area contributed by atoms with Crippen molar-refractivity contribution in [3.05, 3.63) is 66.7 Å². The maximum absolute atomic E-state index is 14.4. The van der Waals surface area contributed by atoms with Crippen molar-refractivity contribution in [1.82, 2.24) is 29.9 Å². The quantitative estimate of drug-likeness (QED) is 0.340. The first kappa shape index (κ1) is 31.3. The van der Waals surface area contributed by atoms with E-state index >= 15 is 0 Å². The van der Waals surface area contributed by atoms with E-state index in [9.17, 15) is 22.8 Å². The molecule has 1 aromatic heterocycles. The van der Waals surface area contributed by atoms with Gasteiger partial charge in [-0.25, -0.2) is 8.42 Å². The Labute approximate surface area is 274 Å². The van der Waals surface area contributed by atoms with E-state index in [1.165, 1.54) is 0 Å². The second-order valence-electron chi connectivity index (χ2n) is 13.7. The molecule has 47 heavy (non-hydrogen) atoms. The van der Waals surface area contributed by atoms with Crippen molar-refractivity contribution in [2.75, 3.05) is 11.9 Å². The lowest BCUT2D eigenvalue weighted by Gasteiger charge is -2.30. The van der Waals surface area contributed by atoms with Crippen molar-refractivity contribution in [3.8, 4) is 0 Å². The van der Waals surface area contributed by atoms with Crippen molar-refractivity contribution < 1.29 is 22.8 Å². The zero-order chi connectivity index (χ0) is 32.8. The van der Waals surface area contributed by atoms with Crippen LogP contribution in [0.25, 0.3) is 11.0 Å². The number of rotatable bonds is 6. The molecule has 3 fully saturated rings. The number of nitrogens with zero attached hydrogens (tertiary/aromatic N) is 4. The average Bonchev–Trinajstić information content (AvgIpc) is 3.84. The number of carbonyl (C=O) groups excluding carboxylic acids is 3. The summed E-state index contributed by atoms with van der Waals surface area (Å²) in [6.07, 6.45) is 9.41. The van der Waals surface area contributed by atoms with Crippen LogP contribution in [0.5, 0.6) is 0 Å². The number of nitrogens with one attached hydrogen (secondary N) is 3. The smallest absolute Gasteiger partial charge is 0.259 e. The highest BCUT2D eigenvalue weighted by Gasteiger charge is 2.63. The molecule has 3 heterocycles. The van der Waals surface area contributed by atoms with Crippen LogP contribution in [0.3, 0.4) is 0 Å². The molecule has 0 bridgehead atoms. The maximum Gasteiger partial charge on any atom is 0.259 e. The van der Waals surface area contributed by atoms with Crippen molar-refractivity contribution in [2.24, 2.45) is 5.92 Å². The van der Waals surface area contributed by atoms with Crippen LogP contribution in [-0.2, 0) is 24.4 Å². The van der Waals surface area contributed by atoms with Gasteiger partial charge in [0.1, 0.15) is 28.7 Å². The molecule has 2 aliphatic carbocycles. The summed E-state index contributed by atoms with van der Waals surface area (Å²) >= 11 is 0. The van der Waals surface area contributed by atoms with Crippen LogP contribution < -0.4 is 15.4 Å². The second kappa shape index (κ2) is 12.1. The summed E-state index contributed by atoms with van der Waals surface area (Å²) in [5.41, 5.74) is 0.819. The minimum absolute atomic E-state index is 0.208. The molecule has 0 spiro atoms. The molecule has 3 aromatic rings. The topological polar surface area (TPSA) is 155 Å². The highest BCUT2D eigenvalue weighted by Crippen LogP contribution is 2.47. The van der Waals surface area contributed by atoms with Gasteiger partial charge in [0.05, 0.1) is 10.8 Å². The lowest BCUT2D eigenvalue weighted by Crippen LogP contribution is -2.58. The summed E-state index contributed by atoms with van der Waals surface area (Å²) in [6.45, 7) is 1.83. The number of amides is 3. The average molecular weight is 660 g/mol. The summed E-state index contributed by atoms with van der Waals surface area (Å²) in [6, 6.07) is 15.2. The number of allylic oxidation sites excluding steroid dienone is 1. The SMILES string of the molecule is CC1(S(=O)(=O)NC(=O)[C@@]23C[C@H]2/C=C\CCCCC[C@H](Nc2ccccc2)C(=O)N2C[C@H](n4nc5ccccc5n4)C[C@H]2C(=O)N3)CC1. The molecule has 7 rings (SSSR count). The van der Waals surface area contributed by atoms with E-state index < -0.39 is 44.2 Å². The van der Waals surface area contributed by atoms with E-state index in [-0.39, 0.29) is 37.3 Å². The standard InChI is InChI=1S/C34H41N7O5S/c1-33(18-19-33)47(45,46)39-32(44)34-21-23(34)12-6-3-2-4-9-17-28(35-24-13-7-5-8-14-24)31(43)40-22-25(20-29(40)30(42)36-34)41-37-26-15-10-11-16-27(26)38-41/h5-8,10-16,23,25,28-29,35H,2-4,9,17-22H2,1H3,(H,36,42)(H,39,44)/b12-6-/t23-,25-,28+,29+,34-/m1/s1. The summed E-state index contributed by atoms with van der Waals surface area (Å²) in [5, 5.41) is 15.7. The summed E-state index contributed by atoms with van der Waals surface area (Å²) < 4.78 is 27.4. The van der Waals surface area contributed by atoms with Gasteiger partial charge in [0.15, 0.2) is 0 Å². The van der Waals surface area contributed by atoms with Crippen LogP contribution in [0.2, 0.25) is 0 Å². The zero-order valence-electron chi connectivity index (χ0n) is 26.5. The Morgan fingerprint density at radius 3 is 2.38 bits per heavy atom. The molecule has 2 aromatic carbocycles. The van der Waals surface area contributed by atoms with Crippen LogP contribution in [0.4, 0.5) is 5.69 Å². The maximum atomic E-state index is 14.4. The number of anilines is 1. The third-order valence-corrected chi connectivity index (χ3v) is 12.4. The third kappa shape index (κ3) is 6.13. The predicted octanol–water partition coefficient (Wildman–Crippen LogP) is 3.45. The molecule has 2 saturated carbocycles. The predicted molar refractivity (Wildman–Crippen MR) is 176 cm³/mol. The number of benzene rings is 2. The molecular weight excluding hydrogens is 618 g/mol. The van der Waals surface area contributed by atoms with Crippen molar-refractivity contribution in [2.45, 2.75) is 93.1 Å². The summed E-state index contributed by atoms with van der Waals surface area (Å²) in [7, 11) is -3.92. The monoisotopic (exact) mass is 659 g/mol. The fraction of sp³-hybridized carbons (Fsp3) is 0.500. The van der Waals surface area contributed by atoms with Crippen molar-refractivity contribution in [1.29, 1.82) is 0 Å². The Balaban J connectivity index is 1.21. The molecule has 4 aliphatic rings. The Morgan fingerprint density at radius 2 is 1.68 bits per heavy atom. The highest BCUT2D eigenvalue weighted by atomic mass is 32.2. The van der Waals surface area contributed by atoms with Crippen molar-refractivity contribution in [3.63, 3.8) is 0 Å². The van der Waals surface area contributed by atoms with Gasteiger partial charge in [-0.05, 0) is 69.7 Å². The molecular formula is C34H41N7O5S. The van der Waals surface area contributed by atoms with E-state index in [0.717, 1.165) is 31.4 Å². The Morgan fingerprint density at radius 1 is 0.979 bits per heavy atom. The van der Waals surface area contributed by atoms with Gasteiger partial charge in [-0.3, -0.25) is 19.1 Å². The number of hydrogen-bond acceptors (Lipinski definition) is 8. The van der Waals surface area contributed by atoms with E-state index in [1.807, 2.05) is 66.7 Å². The summed E-state index contributed by atoms with van der Waals surface area (Å²) in [5.74, 6) is -1.79. The Kier molecular flexibility index (Phi) is 8.05. The van der Waals surface area contributed by atoms with E-state index in [2.05, 4.69) is 25.6 Å². The van der Waals surface area contributed by atoms with Crippen LogP contribution in [0, 0.1) is 5.92 Å². The molecule has 12 nitrogen and oxygen atoms in total. The van der Waals surface area contributed by atoms with Gasteiger partial charge in [-0.2, -0.15) is 15.0 Å². The van der Waals surface area contributed by atoms with Crippen LogP contribution >= 0.6 is 0 Å². The molecule has 13 heteroatoms. The molecule has 1 saturated heterocycles. The number of para-hydroxylation sites is 1. The van der Waals surface area contributed by atoms with Gasteiger partial charge in [-0.15, -0.1) is 0 Å². The molecule has 0 radical (unpaired) electrons. The fourth-order valence-electron chi connectivity index (χ4n) is 6.82. The first-order chi connectivity index (χ1) is 22.6. The fourth-order valence-corrected chi connectivity index (χ4v) is 8.13. The summed E-state index contributed by atoms with van der Waals surface area (Å²) in [4.78, 5) is 45.6. The normalized spacial score (nSPS) is 29.9. The van der Waals surface area contributed by atoms with Gasteiger partial charge in [0, 0.05) is 24.6 Å². The molecule has 3 N–H and O–H groups in total. The Hall–Kier alpha value is -4.26. The lowest BCUT2D eigenvalue weighted by atomic mass is 10.0. The van der Waals surface area contributed by atoms with E-state index in [0.29, 0.717) is 30.3 Å². The number of aromatic nitrogens is 3. The Bertz CT molecular complexity index is 1790. The van der Waals surface area contributed by atoms with Gasteiger partial charge < -0.3 is 15.5 Å². The van der Waals surface area contributed by atoms with Gasteiger partial charge in [0.2, 0.25) is 21.8 Å². The molecule has 248 valence electrons. The van der Waals surface area contributed by atoms with Gasteiger partial charge in [-0.1, -0.05) is 55.3 Å². The molecule has 0 unspecified atom stereocenters. The lowest BCUT2D eigenvalue weighted by molar-refractivity contribution is -0.140. The minimum atomic E-state index is -3.92. The minimum Gasteiger partial charge on any atom is -0.374 e. The highest BCUT2D eigenvalue weighted by molar-refractivity contribution is 7.91. The van der Waals surface area contributed by atoms with E-state index in [1.54, 1.807) is 16.6 Å². The first-order valence-corrected chi connectivity index (χ1v) is 18.1. The van der Waals surface area contributed by atoms with Crippen LogP contribution in [0.1, 0.15) is 70.8 Å². The van der Waals surface area contributed by atoms with E-state index in [4.69, 9.17) is 0 Å². The number of hydrogen-bond donors (Lipinski definition) is 3. The zero-order valence-corrected chi connectivity index (χ0v) is 27.3. The second-order valence-corrected chi connectivity index (χ2v) is 15.9. The molecule has 2 aliphatic heterocycles.